The minimum absolute atomic E-state index is 0.0690. The number of anilines is 1. The molecule has 2 heterocycles. The fourth-order valence-electron chi connectivity index (χ4n) is 3.86. The van der Waals surface area contributed by atoms with Gasteiger partial charge in [-0.05, 0) is 69.2 Å². The van der Waals surface area contributed by atoms with Crippen LogP contribution in [0.15, 0.2) is 65.7 Å². The van der Waals surface area contributed by atoms with Gasteiger partial charge in [0.25, 0.3) is 10.0 Å². The quantitative estimate of drug-likeness (QED) is 0.697. The van der Waals surface area contributed by atoms with Gasteiger partial charge in [0.2, 0.25) is 5.91 Å². The molecule has 0 aliphatic carbocycles. The molecular formula is C22H25N3O3S. The smallest absolute Gasteiger partial charge is 0.268 e. The zero-order valence-electron chi connectivity index (χ0n) is 16.4. The second-order valence-electron chi connectivity index (χ2n) is 7.70. The van der Waals surface area contributed by atoms with E-state index in [0.717, 1.165) is 31.3 Å². The summed E-state index contributed by atoms with van der Waals surface area (Å²) in [5, 5.41) is 3.73. The molecule has 1 N–H and O–H groups in total. The van der Waals surface area contributed by atoms with E-state index >= 15 is 0 Å². The van der Waals surface area contributed by atoms with E-state index < -0.39 is 10.0 Å². The average molecular weight is 412 g/mol. The van der Waals surface area contributed by atoms with E-state index in [1.54, 1.807) is 36.5 Å². The fraction of sp³-hybridized carbons (Fsp3) is 0.318. The van der Waals surface area contributed by atoms with E-state index in [9.17, 15) is 13.2 Å². The lowest BCUT2D eigenvalue weighted by Gasteiger charge is -2.28. The third kappa shape index (κ3) is 4.21. The van der Waals surface area contributed by atoms with E-state index in [0.29, 0.717) is 23.5 Å². The first-order chi connectivity index (χ1) is 13.9. The van der Waals surface area contributed by atoms with Gasteiger partial charge < -0.3 is 10.2 Å². The molecule has 0 bridgehead atoms. The van der Waals surface area contributed by atoms with E-state index in [2.05, 4.69) is 17.3 Å². The van der Waals surface area contributed by atoms with Crippen molar-refractivity contribution in [3.8, 4) is 0 Å². The summed E-state index contributed by atoms with van der Waals surface area (Å²) in [6.45, 7) is 2.02. The normalized spacial score (nSPS) is 16.2. The molecule has 1 fully saturated rings. The average Bonchev–Trinajstić information content (AvgIpc) is 3.15. The summed E-state index contributed by atoms with van der Waals surface area (Å²) in [5.41, 5.74) is 1.13. The molecule has 0 spiro atoms. The highest BCUT2D eigenvalue weighted by Gasteiger charge is 2.21. The molecule has 1 aliphatic heterocycles. The van der Waals surface area contributed by atoms with Gasteiger partial charge in [-0.25, -0.2) is 12.4 Å². The maximum Gasteiger partial charge on any atom is 0.268 e. The predicted octanol–water partition coefficient (Wildman–Crippen LogP) is 3.55. The van der Waals surface area contributed by atoms with Crippen molar-refractivity contribution >= 4 is 32.5 Å². The molecule has 0 unspecified atom stereocenters. The molecule has 0 atom stereocenters. The van der Waals surface area contributed by atoms with E-state index in [1.807, 2.05) is 18.2 Å². The van der Waals surface area contributed by atoms with Crippen molar-refractivity contribution < 1.29 is 13.2 Å². The number of carbonyl (C=O) groups excluding carboxylic acids is 1. The Hall–Kier alpha value is -2.64. The van der Waals surface area contributed by atoms with E-state index in [4.69, 9.17) is 0 Å². The van der Waals surface area contributed by atoms with Crippen LogP contribution in [0.5, 0.6) is 0 Å². The van der Waals surface area contributed by atoms with Crippen LogP contribution in [-0.2, 0) is 14.8 Å². The molecule has 0 saturated carbocycles. The molecular weight excluding hydrogens is 386 g/mol. The number of carbonyl (C=O) groups is 1. The monoisotopic (exact) mass is 411 g/mol. The number of piperidine rings is 1. The highest BCUT2D eigenvalue weighted by atomic mass is 32.2. The number of benzene rings is 2. The van der Waals surface area contributed by atoms with Crippen LogP contribution in [0.1, 0.15) is 19.3 Å². The number of para-hydroxylation sites is 1. The Morgan fingerprint density at radius 3 is 2.62 bits per heavy atom. The SMILES string of the molecule is CN1CCC(CC(=O)Nc2cccc(S(=O)(=O)n3ccc4ccccc43)c2)CC1. The Morgan fingerprint density at radius 1 is 1.07 bits per heavy atom. The molecule has 4 rings (SSSR count). The number of hydrogen-bond acceptors (Lipinski definition) is 4. The number of rotatable bonds is 5. The van der Waals surface area contributed by atoms with E-state index in [1.165, 1.54) is 10.0 Å². The topological polar surface area (TPSA) is 71.4 Å². The van der Waals surface area contributed by atoms with Crippen molar-refractivity contribution in [2.75, 3.05) is 25.5 Å². The maximum absolute atomic E-state index is 13.1. The van der Waals surface area contributed by atoms with Crippen LogP contribution in [0.3, 0.4) is 0 Å². The highest BCUT2D eigenvalue weighted by molar-refractivity contribution is 7.90. The number of amides is 1. The van der Waals surface area contributed by atoms with Crippen LogP contribution >= 0.6 is 0 Å². The van der Waals surface area contributed by atoms with Crippen molar-refractivity contribution in [1.29, 1.82) is 0 Å². The number of nitrogens with one attached hydrogen (secondary N) is 1. The maximum atomic E-state index is 13.1. The van der Waals surface area contributed by atoms with Crippen LogP contribution in [0.4, 0.5) is 5.69 Å². The van der Waals surface area contributed by atoms with Gasteiger partial charge in [-0.2, -0.15) is 0 Å². The zero-order valence-corrected chi connectivity index (χ0v) is 17.2. The number of nitrogens with zero attached hydrogens (tertiary/aromatic N) is 2. The molecule has 1 aliphatic rings. The van der Waals surface area contributed by atoms with Gasteiger partial charge in [-0.3, -0.25) is 4.79 Å². The summed E-state index contributed by atoms with van der Waals surface area (Å²) in [6, 6.07) is 15.6. The molecule has 1 amide bonds. The molecule has 0 radical (unpaired) electrons. The first-order valence-corrected chi connectivity index (χ1v) is 11.3. The van der Waals surface area contributed by atoms with Crippen molar-refractivity contribution in [2.24, 2.45) is 5.92 Å². The zero-order chi connectivity index (χ0) is 20.4. The number of aromatic nitrogens is 1. The van der Waals surface area contributed by atoms with Crippen LogP contribution in [0, 0.1) is 5.92 Å². The third-order valence-electron chi connectivity index (χ3n) is 5.55. The molecule has 29 heavy (non-hydrogen) atoms. The molecule has 152 valence electrons. The van der Waals surface area contributed by atoms with Crippen molar-refractivity contribution in [3.05, 3.63) is 60.8 Å². The van der Waals surface area contributed by atoms with Gasteiger partial charge in [0.05, 0.1) is 10.4 Å². The summed E-state index contributed by atoms with van der Waals surface area (Å²) < 4.78 is 27.6. The standard InChI is InChI=1S/C22H25N3O3S/c1-24-12-9-17(10-13-24)15-22(26)23-19-6-4-7-20(16-19)29(27,28)25-14-11-18-5-2-3-8-21(18)25/h2-8,11,14,16-17H,9-10,12-13,15H2,1H3,(H,23,26). The molecule has 2 aromatic carbocycles. The van der Waals surface area contributed by atoms with Crippen LogP contribution in [0.25, 0.3) is 10.9 Å². The lowest BCUT2D eigenvalue weighted by atomic mass is 9.93. The third-order valence-corrected chi connectivity index (χ3v) is 7.24. The largest absolute Gasteiger partial charge is 0.326 e. The van der Waals surface area contributed by atoms with Gasteiger partial charge in [0.15, 0.2) is 0 Å². The van der Waals surface area contributed by atoms with Gasteiger partial charge in [-0.15, -0.1) is 0 Å². The first kappa shape index (κ1) is 19.7. The Labute approximate surface area is 171 Å². The minimum atomic E-state index is -3.75. The van der Waals surface area contributed by atoms with Gasteiger partial charge in [0, 0.05) is 23.7 Å². The molecule has 3 aromatic rings. The van der Waals surface area contributed by atoms with Gasteiger partial charge in [-0.1, -0.05) is 24.3 Å². The summed E-state index contributed by atoms with van der Waals surface area (Å²) in [4.78, 5) is 14.9. The lowest BCUT2D eigenvalue weighted by molar-refractivity contribution is -0.117. The Morgan fingerprint density at radius 2 is 1.83 bits per heavy atom. The number of hydrogen-bond donors (Lipinski definition) is 1. The lowest BCUT2D eigenvalue weighted by Crippen LogP contribution is -2.31. The van der Waals surface area contributed by atoms with Crippen LogP contribution in [-0.4, -0.2) is 43.3 Å². The van der Waals surface area contributed by atoms with Crippen LogP contribution in [0.2, 0.25) is 0 Å². The Balaban J connectivity index is 1.51. The van der Waals surface area contributed by atoms with Crippen molar-refractivity contribution in [3.63, 3.8) is 0 Å². The van der Waals surface area contributed by atoms with Gasteiger partial charge >= 0.3 is 0 Å². The molecule has 1 aromatic heterocycles. The number of likely N-dealkylation sites (tertiary alicyclic amines) is 1. The fourth-order valence-corrected chi connectivity index (χ4v) is 5.26. The second kappa shape index (κ2) is 8.00. The first-order valence-electron chi connectivity index (χ1n) is 9.83. The molecule has 6 nitrogen and oxygen atoms in total. The van der Waals surface area contributed by atoms with Gasteiger partial charge in [0.1, 0.15) is 0 Å². The predicted molar refractivity (Wildman–Crippen MR) is 114 cm³/mol. The molecule has 1 saturated heterocycles. The van der Waals surface area contributed by atoms with E-state index in [-0.39, 0.29) is 10.8 Å². The summed E-state index contributed by atoms with van der Waals surface area (Å²) >= 11 is 0. The van der Waals surface area contributed by atoms with Crippen LogP contribution < -0.4 is 5.32 Å². The summed E-state index contributed by atoms with van der Waals surface area (Å²) in [5.74, 6) is 0.310. The van der Waals surface area contributed by atoms with Crippen molar-refractivity contribution in [1.82, 2.24) is 8.87 Å². The molecule has 7 heteroatoms. The summed E-state index contributed by atoms with van der Waals surface area (Å²) in [7, 11) is -1.66. The second-order valence-corrected chi connectivity index (χ2v) is 9.52. The van der Waals surface area contributed by atoms with Crippen molar-refractivity contribution in [2.45, 2.75) is 24.2 Å². The Bertz CT molecular complexity index is 1130. The number of fused-ring (bicyclic) bond motifs is 1. The highest BCUT2D eigenvalue weighted by Crippen LogP contribution is 2.25. The Kier molecular flexibility index (Phi) is 5.43. The summed E-state index contributed by atoms with van der Waals surface area (Å²) in [6.07, 6.45) is 4.05. The minimum Gasteiger partial charge on any atom is -0.326 e.